The first kappa shape index (κ1) is 12.2. The van der Waals surface area contributed by atoms with E-state index >= 15 is 0 Å². The number of hydrogen-bond acceptors (Lipinski definition) is 4. The molecule has 0 aliphatic rings. The number of nitrogens with zero attached hydrogens (tertiary/aromatic N) is 2. The van der Waals surface area contributed by atoms with Crippen molar-refractivity contribution in [3.8, 4) is 0 Å². The number of rotatable bonds is 2. The van der Waals surface area contributed by atoms with Gasteiger partial charge >= 0.3 is 0 Å². The Kier molecular flexibility index (Phi) is 3.05. The van der Waals surface area contributed by atoms with E-state index in [0.29, 0.717) is 17.1 Å². The molecule has 4 N–H and O–H groups in total. The van der Waals surface area contributed by atoms with Crippen molar-refractivity contribution in [2.45, 2.75) is 0 Å². The lowest BCUT2D eigenvalue weighted by Crippen LogP contribution is -1.89. The smallest absolute Gasteiger partial charge is 0.109 e. The van der Waals surface area contributed by atoms with E-state index in [0.717, 1.165) is 11.1 Å². The first-order valence-corrected chi connectivity index (χ1v) is 6.28. The van der Waals surface area contributed by atoms with Crippen LogP contribution in [0.15, 0.2) is 70.9 Å². The van der Waals surface area contributed by atoms with Crippen molar-refractivity contribution in [2.75, 3.05) is 11.5 Å². The molecule has 0 heterocycles. The molecule has 0 fully saturated rings. The van der Waals surface area contributed by atoms with E-state index in [4.69, 9.17) is 11.5 Å². The molecule has 0 spiro atoms. The molecule has 0 saturated heterocycles. The van der Waals surface area contributed by atoms with Gasteiger partial charge in [0, 0.05) is 5.69 Å². The van der Waals surface area contributed by atoms with Gasteiger partial charge in [-0.3, -0.25) is 0 Å². The maximum atomic E-state index is 5.84. The van der Waals surface area contributed by atoms with Crippen LogP contribution in [0, 0.1) is 0 Å². The lowest BCUT2D eigenvalue weighted by atomic mass is 10.1. The minimum atomic E-state index is 0.523. The Bertz CT molecular complexity index is 793. The average molecular weight is 262 g/mol. The Morgan fingerprint density at radius 2 is 1.50 bits per heavy atom. The summed E-state index contributed by atoms with van der Waals surface area (Å²) in [6.07, 6.45) is 0. The SMILES string of the molecule is Nc1ccc(N=Nc2ccc3ccccc3c2)c(N)c1. The largest absolute Gasteiger partial charge is 0.399 e. The monoisotopic (exact) mass is 262 g/mol. The Labute approximate surface area is 116 Å². The van der Waals surface area contributed by atoms with E-state index < -0.39 is 0 Å². The maximum absolute atomic E-state index is 5.84. The fraction of sp³-hybridized carbons (Fsp3) is 0. The molecule has 0 unspecified atom stereocenters. The maximum Gasteiger partial charge on any atom is 0.109 e. The molecule has 0 aromatic heterocycles. The number of nitrogen functional groups attached to an aromatic ring is 2. The number of azo groups is 1. The third-order valence-corrected chi connectivity index (χ3v) is 3.06. The van der Waals surface area contributed by atoms with Crippen molar-refractivity contribution in [3.05, 3.63) is 60.7 Å². The molecule has 4 nitrogen and oxygen atoms in total. The third kappa shape index (κ3) is 2.44. The minimum absolute atomic E-state index is 0.523. The third-order valence-electron chi connectivity index (χ3n) is 3.06. The van der Waals surface area contributed by atoms with E-state index in [1.54, 1.807) is 18.2 Å². The fourth-order valence-corrected chi connectivity index (χ4v) is 2.01. The van der Waals surface area contributed by atoms with Gasteiger partial charge in [-0.15, -0.1) is 5.11 Å². The van der Waals surface area contributed by atoms with Crippen molar-refractivity contribution in [1.29, 1.82) is 0 Å². The van der Waals surface area contributed by atoms with E-state index in [2.05, 4.69) is 16.3 Å². The summed E-state index contributed by atoms with van der Waals surface area (Å²) in [6, 6.07) is 19.3. The highest BCUT2D eigenvalue weighted by Crippen LogP contribution is 2.27. The van der Waals surface area contributed by atoms with Crippen LogP contribution in [-0.2, 0) is 0 Å². The molecule has 3 aromatic rings. The molecular weight excluding hydrogens is 248 g/mol. The van der Waals surface area contributed by atoms with Crippen molar-refractivity contribution in [1.82, 2.24) is 0 Å². The summed E-state index contributed by atoms with van der Waals surface area (Å²) in [5.74, 6) is 0. The number of fused-ring (bicyclic) bond motifs is 1. The molecule has 0 amide bonds. The van der Waals surface area contributed by atoms with E-state index in [1.165, 1.54) is 5.39 Å². The Morgan fingerprint density at radius 3 is 2.30 bits per heavy atom. The summed E-state index contributed by atoms with van der Waals surface area (Å²) in [7, 11) is 0. The van der Waals surface area contributed by atoms with Gasteiger partial charge in [0.05, 0.1) is 11.4 Å². The van der Waals surface area contributed by atoms with Crippen LogP contribution >= 0.6 is 0 Å². The molecule has 98 valence electrons. The van der Waals surface area contributed by atoms with Crippen LogP contribution < -0.4 is 11.5 Å². The standard InChI is InChI=1S/C16H14N4/c17-13-6-8-16(15(18)10-13)20-19-14-7-5-11-3-1-2-4-12(11)9-14/h1-10H,17-18H2. The van der Waals surface area contributed by atoms with Gasteiger partial charge in [-0.05, 0) is 41.1 Å². The van der Waals surface area contributed by atoms with E-state index in [-0.39, 0.29) is 0 Å². The Balaban J connectivity index is 1.93. The number of hydrogen-bond donors (Lipinski definition) is 2. The summed E-state index contributed by atoms with van der Waals surface area (Å²) in [4.78, 5) is 0. The molecule has 0 atom stereocenters. The first-order valence-electron chi connectivity index (χ1n) is 6.28. The van der Waals surface area contributed by atoms with Crippen molar-refractivity contribution in [2.24, 2.45) is 10.2 Å². The van der Waals surface area contributed by atoms with Crippen LogP contribution in [0.3, 0.4) is 0 Å². The lowest BCUT2D eigenvalue weighted by Gasteiger charge is -2.01. The minimum Gasteiger partial charge on any atom is -0.399 e. The highest BCUT2D eigenvalue weighted by atomic mass is 15.1. The molecule has 0 aliphatic carbocycles. The molecule has 0 bridgehead atoms. The molecular formula is C16H14N4. The van der Waals surface area contributed by atoms with Gasteiger partial charge in [-0.2, -0.15) is 5.11 Å². The second-order valence-electron chi connectivity index (χ2n) is 4.55. The topological polar surface area (TPSA) is 76.8 Å². The molecule has 0 radical (unpaired) electrons. The summed E-state index contributed by atoms with van der Waals surface area (Å²) < 4.78 is 0. The number of anilines is 2. The number of nitrogens with two attached hydrogens (primary N) is 2. The zero-order chi connectivity index (χ0) is 13.9. The Morgan fingerprint density at radius 1 is 0.700 bits per heavy atom. The van der Waals surface area contributed by atoms with Gasteiger partial charge in [-0.25, -0.2) is 0 Å². The second-order valence-corrected chi connectivity index (χ2v) is 4.55. The van der Waals surface area contributed by atoms with E-state index in [1.807, 2.05) is 36.4 Å². The average Bonchev–Trinajstić information content (AvgIpc) is 2.46. The van der Waals surface area contributed by atoms with Gasteiger partial charge in [0.15, 0.2) is 0 Å². The van der Waals surface area contributed by atoms with Gasteiger partial charge in [-0.1, -0.05) is 30.3 Å². The van der Waals surface area contributed by atoms with Crippen LogP contribution in [0.1, 0.15) is 0 Å². The van der Waals surface area contributed by atoms with Crippen LogP contribution in [0.5, 0.6) is 0 Å². The lowest BCUT2D eigenvalue weighted by molar-refractivity contribution is 1.24. The van der Waals surface area contributed by atoms with Crippen LogP contribution in [0.4, 0.5) is 22.7 Å². The van der Waals surface area contributed by atoms with Gasteiger partial charge in [0.25, 0.3) is 0 Å². The summed E-state index contributed by atoms with van der Waals surface area (Å²) in [5, 5.41) is 10.7. The molecule has 20 heavy (non-hydrogen) atoms. The van der Waals surface area contributed by atoms with E-state index in [9.17, 15) is 0 Å². The predicted octanol–water partition coefficient (Wildman–Crippen LogP) is 4.42. The summed E-state index contributed by atoms with van der Waals surface area (Å²) in [6.45, 7) is 0. The van der Waals surface area contributed by atoms with Crippen molar-refractivity contribution in [3.63, 3.8) is 0 Å². The number of benzene rings is 3. The van der Waals surface area contributed by atoms with Crippen LogP contribution in [-0.4, -0.2) is 0 Å². The van der Waals surface area contributed by atoms with Crippen molar-refractivity contribution < 1.29 is 0 Å². The zero-order valence-corrected chi connectivity index (χ0v) is 10.8. The summed E-state index contributed by atoms with van der Waals surface area (Å²) >= 11 is 0. The molecule has 4 heteroatoms. The first-order chi connectivity index (χ1) is 9.72. The van der Waals surface area contributed by atoms with Crippen molar-refractivity contribution >= 4 is 33.5 Å². The highest BCUT2D eigenvalue weighted by Gasteiger charge is 1.98. The predicted molar refractivity (Wildman–Crippen MR) is 83.4 cm³/mol. The molecule has 0 aliphatic heterocycles. The zero-order valence-electron chi connectivity index (χ0n) is 10.8. The highest BCUT2D eigenvalue weighted by molar-refractivity contribution is 5.85. The van der Waals surface area contributed by atoms with Gasteiger partial charge in [0.2, 0.25) is 0 Å². The molecule has 0 saturated carbocycles. The van der Waals surface area contributed by atoms with Gasteiger partial charge < -0.3 is 11.5 Å². The van der Waals surface area contributed by atoms with Gasteiger partial charge in [0.1, 0.15) is 5.69 Å². The summed E-state index contributed by atoms with van der Waals surface area (Å²) in [5.41, 5.74) is 14.0. The van der Waals surface area contributed by atoms with Crippen LogP contribution in [0.2, 0.25) is 0 Å². The second kappa shape index (κ2) is 5.01. The molecule has 3 aromatic carbocycles. The fourth-order valence-electron chi connectivity index (χ4n) is 2.01. The quantitative estimate of drug-likeness (QED) is 0.529. The normalized spacial score (nSPS) is 11.2. The Hall–Kier alpha value is -2.88. The molecule has 3 rings (SSSR count). The van der Waals surface area contributed by atoms with Crippen LogP contribution in [0.25, 0.3) is 10.8 Å².